The van der Waals surface area contributed by atoms with Gasteiger partial charge in [-0.15, -0.1) is 0 Å². The second-order valence-electron chi connectivity index (χ2n) is 4.79. The molecule has 15 heavy (non-hydrogen) atoms. The van der Waals surface area contributed by atoms with Crippen molar-refractivity contribution in [1.82, 2.24) is 0 Å². The van der Waals surface area contributed by atoms with Crippen molar-refractivity contribution in [3.8, 4) is 0 Å². The summed E-state index contributed by atoms with van der Waals surface area (Å²) in [5.41, 5.74) is 3.93. The Morgan fingerprint density at radius 2 is 2.07 bits per heavy atom. The quantitative estimate of drug-likeness (QED) is 0.467. The van der Waals surface area contributed by atoms with Crippen LogP contribution in [0.4, 0.5) is 0 Å². The molecule has 0 amide bonds. The van der Waals surface area contributed by atoms with Crippen LogP contribution in [-0.4, -0.2) is 17.0 Å². The Bertz CT molecular complexity index is 450. The molecule has 0 radical (unpaired) electrons. The Labute approximate surface area is 89.8 Å². The van der Waals surface area contributed by atoms with Crippen LogP contribution in [-0.2, 0) is 11.8 Å². The number of hydroxylamine groups is 1. The number of rotatable bonds is 0. The third kappa shape index (κ3) is 1.08. The van der Waals surface area contributed by atoms with Crippen LogP contribution in [0.15, 0.2) is 24.3 Å². The number of nitrogens with zero attached hydrogens (tertiary/aromatic N) is 1. The van der Waals surface area contributed by atoms with Gasteiger partial charge in [0.05, 0.1) is 5.41 Å². The van der Waals surface area contributed by atoms with Crippen molar-refractivity contribution in [2.75, 3.05) is 6.54 Å². The van der Waals surface area contributed by atoms with Crippen molar-refractivity contribution in [2.45, 2.75) is 31.6 Å². The van der Waals surface area contributed by atoms with E-state index in [9.17, 15) is 5.21 Å². The molecule has 0 bridgehead atoms. The number of fused-ring (bicyclic) bond motifs is 3. The van der Waals surface area contributed by atoms with E-state index in [0.717, 1.165) is 25.0 Å². The van der Waals surface area contributed by atoms with E-state index in [4.69, 9.17) is 0 Å². The molecule has 0 spiro atoms. The first kappa shape index (κ1) is 8.96. The molecule has 2 aliphatic rings. The molecule has 0 saturated carbocycles. The summed E-state index contributed by atoms with van der Waals surface area (Å²) in [4.78, 5) is 0. The van der Waals surface area contributed by atoms with E-state index in [0.29, 0.717) is 6.54 Å². The van der Waals surface area contributed by atoms with Crippen LogP contribution in [0, 0.1) is 5.21 Å². The lowest BCUT2D eigenvalue weighted by atomic mass is 9.69. The third-order valence-corrected chi connectivity index (χ3v) is 4.00. The second kappa shape index (κ2) is 2.84. The van der Waals surface area contributed by atoms with Gasteiger partial charge in [0.2, 0.25) is 0 Å². The van der Waals surface area contributed by atoms with Gasteiger partial charge < -0.3 is 5.21 Å². The molecule has 1 aromatic rings. The smallest absolute Gasteiger partial charge is 0.174 e. The lowest BCUT2D eigenvalue weighted by molar-refractivity contribution is -0.449. The lowest BCUT2D eigenvalue weighted by Gasteiger charge is -2.30. The van der Waals surface area contributed by atoms with Crippen LogP contribution in [0.3, 0.4) is 0 Å². The minimum atomic E-state index is 0.0244. The van der Waals surface area contributed by atoms with Gasteiger partial charge in [-0.1, -0.05) is 24.3 Å². The van der Waals surface area contributed by atoms with Gasteiger partial charge in [-0.25, -0.2) is 4.74 Å². The molecule has 78 valence electrons. The van der Waals surface area contributed by atoms with E-state index < -0.39 is 0 Å². The first-order chi connectivity index (χ1) is 7.22. The van der Waals surface area contributed by atoms with Crippen LogP contribution < -0.4 is 0 Å². The van der Waals surface area contributed by atoms with Gasteiger partial charge in [-0.05, 0) is 24.5 Å². The summed E-state index contributed by atoms with van der Waals surface area (Å²) in [5, 5.41) is 11.7. The van der Waals surface area contributed by atoms with Gasteiger partial charge in [-0.3, -0.25) is 0 Å². The Hall–Kier alpha value is -1.31. The Morgan fingerprint density at radius 1 is 1.27 bits per heavy atom. The highest BCUT2D eigenvalue weighted by Crippen LogP contribution is 2.40. The molecule has 1 aromatic carbocycles. The maximum atomic E-state index is 11.7. The fraction of sp³-hybridized carbons (Fsp3) is 0.462. The standard InChI is InChI=1S/C13H15NO/c1-13-8-9-14(15)12(13)7-6-10-4-2-3-5-11(10)13/h2-5H,6-9H2,1H3/t13-/m1/s1. The average molecular weight is 201 g/mol. The zero-order valence-electron chi connectivity index (χ0n) is 8.99. The zero-order chi connectivity index (χ0) is 10.5. The van der Waals surface area contributed by atoms with Crippen LogP contribution >= 0.6 is 0 Å². The Kier molecular flexibility index (Phi) is 1.70. The van der Waals surface area contributed by atoms with Gasteiger partial charge in [0.25, 0.3) is 0 Å². The predicted molar refractivity (Wildman–Crippen MR) is 60.2 cm³/mol. The van der Waals surface area contributed by atoms with E-state index in [1.54, 1.807) is 0 Å². The molecule has 0 aromatic heterocycles. The highest BCUT2D eigenvalue weighted by molar-refractivity contribution is 5.93. The van der Waals surface area contributed by atoms with E-state index in [2.05, 4.69) is 31.2 Å². The van der Waals surface area contributed by atoms with Gasteiger partial charge in [0.15, 0.2) is 12.3 Å². The van der Waals surface area contributed by atoms with E-state index in [1.165, 1.54) is 15.9 Å². The molecule has 0 N–H and O–H groups in total. The molecular formula is C13H15NO. The monoisotopic (exact) mass is 201 g/mol. The van der Waals surface area contributed by atoms with E-state index in [-0.39, 0.29) is 5.41 Å². The summed E-state index contributed by atoms with van der Waals surface area (Å²) >= 11 is 0. The number of benzene rings is 1. The van der Waals surface area contributed by atoms with Crippen LogP contribution in [0.5, 0.6) is 0 Å². The van der Waals surface area contributed by atoms with Gasteiger partial charge in [-0.2, -0.15) is 0 Å². The minimum Gasteiger partial charge on any atom is -0.624 e. The molecule has 2 nitrogen and oxygen atoms in total. The predicted octanol–water partition coefficient (Wildman–Crippen LogP) is 2.25. The minimum absolute atomic E-state index is 0.0244. The first-order valence-electron chi connectivity index (χ1n) is 5.61. The van der Waals surface area contributed by atoms with Crippen LogP contribution in [0.25, 0.3) is 0 Å². The van der Waals surface area contributed by atoms with E-state index in [1.807, 2.05) is 0 Å². The molecule has 1 aliphatic heterocycles. The zero-order valence-corrected chi connectivity index (χ0v) is 8.99. The lowest BCUT2D eigenvalue weighted by Crippen LogP contribution is -2.36. The largest absolute Gasteiger partial charge is 0.624 e. The van der Waals surface area contributed by atoms with Crippen molar-refractivity contribution in [1.29, 1.82) is 0 Å². The SMILES string of the molecule is C[C@]12CC[N+]([O-])=C1CCc1ccccc12. The van der Waals surface area contributed by atoms with Gasteiger partial charge in [0.1, 0.15) is 0 Å². The maximum Gasteiger partial charge on any atom is 0.174 e. The number of hydrogen-bond donors (Lipinski definition) is 0. The van der Waals surface area contributed by atoms with Crippen molar-refractivity contribution in [2.24, 2.45) is 0 Å². The Morgan fingerprint density at radius 3 is 2.93 bits per heavy atom. The molecule has 0 saturated heterocycles. The van der Waals surface area contributed by atoms with E-state index >= 15 is 0 Å². The summed E-state index contributed by atoms with van der Waals surface area (Å²) in [6.45, 7) is 2.89. The summed E-state index contributed by atoms with van der Waals surface area (Å²) in [7, 11) is 0. The first-order valence-corrected chi connectivity index (χ1v) is 5.61. The summed E-state index contributed by atoms with van der Waals surface area (Å²) in [6, 6.07) is 8.57. The molecule has 0 unspecified atom stereocenters. The fourth-order valence-corrected chi connectivity index (χ4v) is 3.10. The highest BCUT2D eigenvalue weighted by Gasteiger charge is 2.46. The number of hydrogen-bond acceptors (Lipinski definition) is 1. The van der Waals surface area contributed by atoms with Crippen LogP contribution in [0.1, 0.15) is 30.9 Å². The average Bonchev–Trinajstić information content (AvgIpc) is 2.56. The van der Waals surface area contributed by atoms with Crippen molar-refractivity contribution in [3.63, 3.8) is 0 Å². The molecule has 1 aliphatic carbocycles. The topological polar surface area (TPSA) is 26.1 Å². The third-order valence-electron chi connectivity index (χ3n) is 4.00. The van der Waals surface area contributed by atoms with Crippen molar-refractivity contribution >= 4 is 5.71 Å². The van der Waals surface area contributed by atoms with Crippen molar-refractivity contribution in [3.05, 3.63) is 40.6 Å². The second-order valence-corrected chi connectivity index (χ2v) is 4.79. The molecule has 1 heterocycles. The Balaban J connectivity index is 2.22. The molecule has 0 fully saturated rings. The van der Waals surface area contributed by atoms with Gasteiger partial charge >= 0.3 is 0 Å². The molecule has 3 rings (SSSR count). The normalized spacial score (nSPS) is 28.9. The molecular weight excluding hydrogens is 186 g/mol. The summed E-state index contributed by atoms with van der Waals surface area (Å²) < 4.78 is 1.22. The summed E-state index contributed by atoms with van der Waals surface area (Å²) in [5.74, 6) is 0. The highest BCUT2D eigenvalue weighted by atomic mass is 16.5. The van der Waals surface area contributed by atoms with Crippen molar-refractivity contribution < 1.29 is 4.74 Å². The number of aryl methyl sites for hydroxylation is 1. The van der Waals surface area contributed by atoms with Gasteiger partial charge in [0, 0.05) is 12.8 Å². The van der Waals surface area contributed by atoms with Crippen LogP contribution in [0.2, 0.25) is 0 Å². The maximum absolute atomic E-state index is 11.7. The molecule has 1 atom stereocenters. The molecule has 2 heteroatoms. The fourth-order valence-electron chi connectivity index (χ4n) is 3.10. The summed E-state index contributed by atoms with van der Waals surface area (Å²) in [6.07, 6.45) is 2.94.